The highest BCUT2D eigenvalue weighted by atomic mass is 32.2. The number of nitrogens with one attached hydrogen (secondary N) is 2. The summed E-state index contributed by atoms with van der Waals surface area (Å²) < 4.78 is 27.6. The summed E-state index contributed by atoms with van der Waals surface area (Å²) in [4.78, 5) is 24.1. The highest BCUT2D eigenvalue weighted by Crippen LogP contribution is 2.24. The maximum Gasteiger partial charge on any atom is 0.251 e. The Balaban J connectivity index is 1.49. The number of nitrogens with zero attached hydrogens (tertiary/aromatic N) is 1. The van der Waals surface area contributed by atoms with Crippen molar-refractivity contribution in [3.05, 3.63) is 77.9 Å². The van der Waals surface area contributed by atoms with E-state index in [9.17, 15) is 18.0 Å². The van der Waals surface area contributed by atoms with E-state index in [0.717, 1.165) is 12.0 Å². The van der Waals surface area contributed by atoms with Crippen LogP contribution in [0.1, 0.15) is 55.1 Å². The van der Waals surface area contributed by atoms with Crippen molar-refractivity contribution in [1.29, 1.82) is 0 Å². The standard InChI is InChI=1S/C28H37N3O4S/c1-5-26(32)30-20-22-15-18-31(19-16-22)36(34,35)25-12-8-23(9-13-25)27(33)29-17-14-21-6-10-24(11-7-21)28(2,3)4/h5-13,22H,1,14-20H2,2-4H3,(H,29,33)(H,30,32). The minimum atomic E-state index is -3.63. The second-order valence-electron chi connectivity index (χ2n) is 10.3. The van der Waals surface area contributed by atoms with E-state index in [1.807, 2.05) is 0 Å². The van der Waals surface area contributed by atoms with Crippen LogP contribution in [0.15, 0.2) is 66.1 Å². The molecule has 1 aliphatic rings. The number of sulfonamides is 1. The lowest BCUT2D eigenvalue weighted by Crippen LogP contribution is -2.41. The number of carbonyl (C=O) groups excluding carboxylic acids is 2. The van der Waals surface area contributed by atoms with Gasteiger partial charge in [-0.15, -0.1) is 0 Å². The van der Waals surface area contributed by atoms with E-state index >= 15 is 0 Å². The van der Waals surface area contributed by atoms with Crippen LogP contribution in [0.2, 0.25) is 0 Å². The first-order valence-corrected chi connectivity index (χ1v) is 13.8. The van der Waals surface area contributed by atoms with E-state index in [1.165, 1.54) is 28.1 Å². The first-order valence-electron chi connectivity index (χ1n) is 12.4. The maximum atomic E-state index is 13.0. The van der Waals surface area contributed by atoms with Gasteiger partial charge in [0.05, 0.1) is 4.90 Å². The highest BCUT2D eigenvalue weighted by molar-refractivity contribution is 7.89. The van der Waals surface area contributed by atoms with Gasteiger partial charge in [-0.25, -0.2) is 8.42 Å². The van der Waals surface area contributed by atoms with Gasteiger partial charge in [-0.05, 0) is 72.1 Å². The van der Waals surface area contributed by atoms with Gasteiger partial charge < -0.3 is 10.6 Å². The summed E-state index contributed by atoms with van der Waals surface area (Å²) >= 11 is 0. The fourth-order valence-corrected chi connectivity index (χ4v) is 5.66. The first kappa shape index (κ1) is 27.6. The summed E-state index contributed by atoms with van der Waals surface area (Å²) in [7, 11) is -3.63. The van der Waals surface area contributed by atoms with Gasteiger partial charge in [0.25, 0.3) is 5.91 Å². The zero-order valence-corrected chi connectivity index (χ0v) is 22.2. The fourth-order valence-electron chi connectivity index (χ4n) is 4.19. The Labute approximate surface area is 215 Å². The van der Waals surface area contributed by atoms with E-state index < -0.39 is 10.0 Å². The molecule has 0 saturated carbocycles. The third-order valence-corrected chi connectivity index (χ3v) is 8.51. The van der Waals surface area contributed by atoms with Crippen molar-refractivity contribution in [3.8, 4) is 0 Å². The molecule has 1 heterocycles. The molecule has 0 spiro atoms. The topological polar surface area (TPSA) is 95.6 Å². The summed E-state index contributed by atoms with van der Waals surface area (Å²) in [6, 6.07) is 14.5. The van der Waals surface area contributed by atoms with Gasteiger partial charge in [0, 0.05) is 31.7 Å². The summed E-state index contributed by atoms with van der Waals surface area (Å²) in [6.45, 7) is 11.8. The first-order chi connectivity index (χ1) is 17.0. The molecule has 0 radical (unpaired) electrons. The van der Waals surface area contributed by atoms with Crippen LogP contribution < -0.4 is 10.6 Å². The van der Waals surface area contributed by atoms with Gasteiger partial charge in [-0.3, -0.25) is 9.59 Å². The van der Waals surface area contributed by atoms with Crippen LogP contribution in [0.3, 0.4) is 0 Å². The SMILES string of the molecule is C=CC(=O)NCC1CCN(S(=O)(=O)c2ccc(C(=O)NCCc3ccc(C(C)(C)C)cc3)cc2)CC1. The Morgan fingerprint density at radius 2 is 1.61 bits per heavy atom. The quantitative estimate of drug-likeness (QED) is 0.502. The molecule has 1 saturated heterocycles. The number of hydrogen-bond donors (Lipinski definition) is 2. The predicted octanol–water partition coefficient (Wildman–Crippen LogP) is 3.66. The maximum absolute atomic E-state index is 13.0. The molecule has 0 bridgehead atoms. The van der Waals surface area contributed by atoms with E-state index in [-0.39, 0.29) is 28.0 Å². The van der Waals surface area contributed by atoms with Crippen LogP contribution in [0.25, 0.3) is 0 Å². The number of amides is 2. The minimum Gasteiger partial charge on any atom is -0.352 e. The van der Waals surface area contributed by atoms with Crippen LogP contribution >= 0.6 is 0 Å². The lowest BCUT2D eigenvalue weighted by atomic mass is 9.86. The largest absolute Gasteiger partial charge is 0.352 e. The Hall–Kier alpha value is -2.97. The molecule has 0 unspecified atom stereocenters. The lowest BCUT2D eigenvalue weighted by molar-refractivity contribution is -0.116. The molecule has 1 aliphatic heterocycles. The van der Waals surface area contributed by atoms with Crippen LogP contribution in [-0.4, -0.2) is 50.7 Å². The van der Waals surface area contributed by atoms with Crippen molar-refractivity contribution >= 4 is 21.8 Å². The summed E-state index contributed by atoms with van der Waals surface area (Å²) in [5.74, 6) is -0.209. The van der Waals surface area contributed by atoms with Crippen LogP contribution in [0.5, 0.6) is 0 Å². The Morgan fingerprint density at radius 1 is 1.00 bits per heavy atom. The highest BCUT2D eigenvalue weighted by Gasteiger charge is 2.29. The molecule has 0 aromatic heterocycles. The zero-order chi connectivity index (χ0) is 26.3. The third kappa shape index (κ3) is 7.27. The zero-order valence-electron chi connectivity index (χ0n) is 21.4. The Morgan fingerprint density at radius 3 is 2.17 bits per heavy atom. The van der Waals surface area contributed by atoms with Crippen molar-refractivity contribution in [2.75, 3.05) is 26.2 Å². The molecule has 0 aliphatic carbocycles. The summed E-state index contributed by atoms with van der Waals surface area (Å²) in [5.41, 5.74) is 2.95. The molecule has 2 aromatic carbocycles. The van der Waals surface area contributed by atoms with Crippen LogP contribution in [-0.2, 0) is 26.7 Å². The normalized spacial score (nSPS) is 15.3. The second-order valence-corrected chi connectivity index (χ2v) is 12.2. The van der Waals surface area contributed by atoms with Gasteiger partial charge >= 0.3 is 0 Å². The average Bonchev–Trinajstić information content (AvgIpc) is 2.87. The molecule has 2 aromatic rings. The van der Waals surface area contributed by atoms with Crippen molar-refractivity contribution in [2.45, 2.75) is 50.3 Å². The fraction of sp³-hybridized carbons (Fsp3) is 0.429. The lowest BCUT2D eigenvalue weighted by Gasteiger charge is -2.31. The minimum absolute atomic E-state index is 0.104. The van der Waals surface area contributed by atoms with Crippen molar-refractivity contribution < 1.29 is 18.0 Å². The van der Waals surface area contributed by atoms with E-state index in [1.54, 1.807) is 12.1 Å². The van der Waals surface area contributed by atoms with E-state index in [4.69, 9.17) is 0 Å². The van der Waals surface area contributed by atoms with Crippen LogP contribution in [0, 0.1) is 5.92 Å². The Kier molecular flexibility index (Phi) is 9.08. The molecule has 0 atom stereocenters. The van der Waals surface area contributed by atoms with Crippen molar-refractivity contribution in [2.24, 2.45) is 5.92 Å². The van der Waals surface area contributed by atoms with E-state index in [0.29, 0.717) is 44.6 Å². The van der Waals surface area contributed by atoms with Gasteiger partial charge in [0.2, 0.25) is 15.9 Å². The monoisotopic (exact) mass is 511 g/mol. The van der Waals surface area contributed by atoms with E-state index in [2.05, 4.69) is 62.2 Å². The Bertz CT molecular complexity index is 1160. The summed E-state index contributed by atoms with van der Waals surface area (Å²) in [5, 5.41) is 5.68. The molecule has 3 rings (SSSR count). The van der Waals surface area contributed by atoms with Gasteiger partial charge in [0.15, 0.2) is 0 Å². The molecule has 36 heavy (non-hydrogen) atoms. The van der Waals surface area contributed by atoms with Crippen molar-refractivity contribution in [1.82, 2.24) is 14.9 Å². The molecule has 194 valence electrons. The molecule has 2 amide bonds. The summed E-state index contributed by atoms with van der Waals surface area (Å²) in [6.07, 6.45) is 3.30. The second kappa shape index (κ2) is 11.8. The molecular weight excluding hydrogens is 474 g/mol. The molecule has 1 fully saturated rings. The number of benzene rings is 2. The van der Waals surface area contributed by atoms with Crippen molar-refractivity contribution in [3.63, 3.8) is 0 Å². The third-order valence-electron chi connectivity index (χ3n) is 6.60. The molecule has 8 heteroatoms. The smallest absolute Gasteiger partial charge is 0.251 e. The molecular formula is C28H37N3O4S. The van der Waals surface area contributed by atoms with Gasteiger partial charge in [-0.2, -0.15) is 4.31 Å². The number of rotatable bonds is 9. The van der Waals surface area contributed by atoms with Gasteiger partial charge in [-0.1, -0.05) is 51.6 Å². The average molecular weight is 512 g/mol. The van der Waals surface area contributed by atoms with Crippen LogP contribution in [0.4, 0.5) is 0 Å². The number of piperidine rings is 1. The number of carbonyl (C=O) groups is 2. The molecule has 7 nitrogen and oxygen atoms in total. The predicted molar refractivity (Wildman–Crippen MR) is 142 cm³/mol. The van der Waals surface area contributed by atoms with Gasteiger partial charge in [0.1, 0.15) is 0 Å². The molecule has 2 N–H and O–H groups in total. The number of hydrogen-bond acceptors (Lipinski definition) is 4.